The maximum atomic E-state index is 12.2. The van der Waals surface area contributed by atoms with Gasteiger partial charge in [-0.25, -0.2) is 5.01 Å². The number of nitrogens with two attached hydrogens (primary N) is 1. The van der Waals surface area contributed by atoms with Crippen LogP contribution in [0.1, 0.15) is 17.3 Å². The predicted molar refractivity (Wildman–Crippen MR) is 93.6 cm³/mol. The SMILES string of the molecule is NC(=O)C1=NN(c2cccc(COCC(F)(F)F)c2)C(c2ccccc2)N1. The molecular weight excluding hydrogens is 361 g/mol. The van der Waals surface area contributed by atoms with Gasteiger partial charge in [-0.3, -0.25) is 4.79 Å². The Kier molecular flexibility index (Phi) is 5.31. The number of ether oxygens (including phenoxy) is 1. The summed E-state index contributed by atoms with van der Waals surface area (Å²) in [5.74, 6) is -0.703. The minimum Gasteiger partial charge on any atom is -0.367 e. The molecule has 3 rings (SSSR count). The molecule has 0 radical (unpaired) electrons. The van der Waals surface area contributed by atoms with Gasteiger partial charge < -0.3 is 15.8 Å². The van der Waals surface area contributed by atoms with Crippen LogP contribution in [-0.4, -0.2) is 24.5 Å². The Bertz CT molecular complexity index is 840. The molecule has 1 aliphatic heterocycles. The first-order chi connectivity index (χ1) is 12.8. The van der Waals surface area contributed by atoms with E-state index in [1.807, 2.05) is 30.3 Å². The van der Waals surface area contributed by atoms with Gasteiger partial charge in [0.05, 0.1) is 12.3 Å². The van der Waals surface area contributed by atoms with Crippen molar-refractivity contribution in [3.05, 3.63) is 65.7 Å². The van der Waals surface area contributed by atoms with Crippen molar-refractivity contribution in [3.63, 3.8) is 0 Å². The molecule has 3 N–H and O–H groups in total. The summed E-state index contributed by atoms with van der Waals surface area (Å²) in [6, 6.07) is 16.0. The van der Waals surface area contributed by atoms with Crippen LogP contribution in [0, 0.1) is 0 Å². The third kappa shape index (κ3) is 4.76. The Hall–Kier alpha value is -3.07. The molecule has 0 bridgehead atoms. The Balaban J connectivity index is 1.83. The number of alkyl halides is 3. The molecule has 0 aromatic heterocycles. The molecule has 1 aliphatic rings. The molecule has 0 fully saturated rings. The molecule has 2 aromatic carbocycles. The van der Waals surface area contributed by atoms with Gasteiger partial charge in [-0.05, 0) is 23.3 Å². The summed E-state index contributed by atoms with van der Waals surface area (Å²) in [5, 5.41) is 8.74. The van der Waals surface area contributed by atoms with E-state index >= 15 is 0 Å². The van der Waals surface area contributed by atoms with Crippen molar-refractivity contribution in [1.29, 1.82) is 0 Å². The predicted octanol–water partition coefficient (Wildman–Crippen LogP) is 2.67. The number of benzene rings is 2. The lowest BCUT2D eigenvalue weighted by Crippen LogP contribution is -2.36. The van der Waals surface area contributed by atoms with Crippen LogP contribution in [0.15, 0.2) is 59.7 Å². The lowest BCUT2D eigenvalue weighted by Gasteiger charge is -2.24. The average Bonchev–Trinajstić information content (AvgIpc) is 3.07. The normalized spacial score (nSPS) is 16.8. The van der Waals surface area contributed by atoms with Crippen LogP contribution in [0.3, 0.4) is 0 Å². The molecule has 142 valence electrons. The van der Waals surface area contributed by atoms with Crippen LogP contribution in [0.4, 0.5) is 18.9 Å². The standard InChI is InChI=1S/C18H17F3N4O2/c19-18(20,21)11-27-10-12-5-4-8-14(9-12)25-17(13-6-2-1-3-7-13)23-16(24-25)15(22)26/h1-9,17H,10-11H2,(H2,22,26)(H,23,24). The molecular formula is C18H17F3N4O2. The number of nitrogens with one attached hydrogen (secondary N) is 1. The van der Waals surface area contributed by atoms with Gasteiger partial charge in [0.15, 0.2) is 0 Å². The molecule has 2 aromatic rings. The summed E-state index contributed by atoms with van der Waals surface area (Å²) >= 11 is 0. The Labute approximate surface area is 153 Å². The Morgan fingerprint density at radius 3 is 2.59 bits per heavy atom. The van der Waals surface area contributed by atoms with Crippen molar-refractivity contribution < 1.29 is 22.7 Å². The first kappa shape index (κ1) is 18.7. The zero-order valence-corrected chi connectivity index (χ0v) is 14.1. The van der Waals surface area contributed by atoms with Crippen molar-refractivity contribution in [2.45, 2.75) is 18.9 Å². The number of hydrogen-bond donors (Lipinski definition) is 2. The van der Waals surface area contributed by atoms with Crippen LogP contribution < -0.4 is 16.1 Å². The van der Waals surface area contributed by atoms with Gasteiger partial charge in [0.25, 0.3) is 5.91 Å². The van der Waals surface area contributed by atoms with Crippen molar-refractivity contribution in [3.8, 4) is 0 Å². The van der Waals surface area contributed by atoms with E-state index in [1.165, 1.54) is 0 Å². The summed E-state index contributed by atoms with van der Waals surface area (Å²) in [6.45, 7) is -1.52. The lowest BCUT2D eigenvalue weighted by molar-refractivity contribution is -0.176. The number of rotatable bonds is 6. The average molecular weight is 378 g/mol. The van der Waals surface area contributed by atoms with Crippen LogP contribution in [0.5, 0.6) is 0 Å². The van der Waals surface area contributed by atoms with E-state index in [-0.39, 0.29) is 12.4 Å². The Morgan fingerprint density at radius 2 is 1.93 bits per heavy atom. The number of carbonyl (C=O) groups is 1. The molecule has 6 nitrogen and oxygen atoms in total. The minimum absolute atomic E-state index is 0.00239. The van der Waals surface area contributed by atoms with Crippen LogP contribution in [0.2, 0.25) is 0 Å². The van der Waals surface area contributed by atoms with Gasteiger partial charge in [-0.15, -0.1) is 5.10 Å². The van der Waals surface area contributed by atoms with Gasteiger partial charge in [0.2, 0.25) is 5.84 Å². The van der Waals surface area contributed by atoms with Crippen LogP contribution >= 0.6 is 0 Å². The van der Waals surface area contributed by atoms with Crippen molar-refractivity contribution in [2.24, 2.45) is 10.8 Å². The highest BCUT2D eigenvalue weighted by atomic mass is 19.4. The number of anilines is 1. The number of primary amides is 1. The Morgan fingerprint density at radius 1 is 1.19 bits per heavy atom. The second-order valence-corrected chi connectivity index (χ2v) is 5.89. The number of hydrazone groups is 1. The molecule has 1 unspecified atom stereocenters. The van der Waals surface area contributed by atoms with Crippen molar-refractivity contribution >= 4 is 17.4 Å². The fourth-order valence-electron chi connectivity index (χ4n) is 2.65. The summed E-state index contributed by atoms with van der Waals surface area (Å²) < 4.78 is 41.4. The number of amides is 1. The fourth-order valence-corrected chi connectivity index (χ4v) is 2.65. The van der Waals surface area contributed by atoms with Gasteiger partial charge in [-0.1, -0.05) is 42.5 Å². The molecule has 0 saturated heterocycles. The number of carbonyl (C=O) groups excluding carboxylic acids is 1. The third-order valence-electron chi connectivity index (χ3n) is 3.78. The minimum atomic E-state index is -4.38. The van der Waals surface area contributed by atoms with Crippen LogP contribution in [0.25, 0.3) is 0 Å². The van der Waals surface area contributed by atoms with Gasteiger partial charge in [0, 0.05) is 0 Å². The molecule has 1 atom stereocenters. The zero-order valence-electron chi connectivity index (χ0n) is 14.1. The fraction of sp³-hybridized carbons (Fsp3) is 0.222. The molecule has 1 heterocycles. The molecule has 0 spiro atoms. The number of amidine groups is 1. The number of hydrogen-bond acceptors (Lipinski definition) is 5. The smallest absolute Gasteiger partial charge is 0.367 e. The lowest BCUT2D eigenvalue weighted by atomic mass is 10.1. The molecule has 0 aliphatic carbocycles. The highest BCUT2D eigenvalue weighted by molar-refractivity contribution is 6.38. The van der Waals surface area contributed by atoms with Crippen molar-refractivity contribution in [2.75, 3.05) is 11.6 Å². The summed E-state index contributed by atoms with van der Waals surface area (Å²) in [6.07, 6.45) is -4.85. The van der Waals surface area contributed by atoms with Gasteiger partial charge in [0.1, 0.15) is 12.8 Å². The maximum absolute atomic E-state index is 12.2. The zero-order chi connectivity index (χ0) is 19.4. The summed E-state index contributed by atoms with van der Waals surface area (Å²) in [4.78, 5) is 11.5. The monoisotopic (exact) mass is 378 g/mol. The van der Waals surface area contributed by atoms with E-state index in [2.05, 4.69) is 10.4 Å². The van der Waals surface area contributed by atoms with E-state index in [1.54, 1.807) is 29.3 Å². The second kappa shape index (κ2) is 7.67. The van der Waals surface area contributed by atoms with E-state index in [9.17, 15) is 18.0 Å². The van der Waals surface area contributed by atoms with Crippen LogP contribution in [-0.2, 0) is 16.1 Å². The summed E-state index contributed by atoms with van der Waals surface area (Å²) in [7, 11) is 0. The largest absolute Gasteiger partial charge is 0.411 e. The first-order valence-corrected chi connectivity index (χ1v) is 8.06. The maximum Gasteiger partial charge on any atom is 0.411 e. The highest BCUT2D eigenvalue weighted by Gasteiger charge is 2.31. The van der Waals surface area contributed by atoms with Crippen molar-refractivity contribution in [1.82, 2.24) is 5.32 Å². The molecule has 27 heavy (non-hydrogen) atoms. The first-order valence-electron chi connectivity index (χ1n) is 8.06. The van der Waals surface area contributed by atoms with E-state index in [0.29, 0.717) is 11.3 Å². The quantitative estimate of drug-likeness (QED) is 0.810. The number of halogens is 3. The molecule has 9 heteroatoms. The van der Waals surface area contributed by atoms with E-state index in [4.69, 9.17) is 10.5 Å². The van der Waals surface area contributed by atoms with E-state index in [0.717, 1.165) is 5.56 Å². The summed E-state index contributed by atoms with van der Waals surface area (Å²) in [5.41, 5.74) is 7.30. The topological polar surface area (TPSA) is 80.0 Å². The van der Waals surface area contributed by atoms with E-state index < -0.39 is 24.9 Å². The van der Waals surface area contributed by atoms with Gasteiger partial charge >= 0.3 is 6.18 Å². The molecule has 1 amide bonds. The molecule has 0 saturated carbocycles. The highest BCUT2D eigenvalue weighted by Crippen LogP contribution is 2.30. The third-order valence-corrected chi connectivity index (χ3v) is 3.78. The number of nitrogens with zero attached hydrogens (tertiary/aromatic N) is 2. The second-order valence-electron chi connectivity index (χ2n) is 5.89. The van der Waals surface area contributed by atoms with Gasteiger partial charge in [-0.2, -0.15) is 13.2 Å².